The van der Waals surface area contributed by atoms with Crippen LogP contribution in [0.5, 0.6) is 5.75 Å². The molecule has 0 saturated heterocycles. The second-order valence-electron chi connectivity index (χ2n) is 7.05. The van der Waals surface area contributed by atoms with Gasteiger partial charge in [0.15, 0.2) is 9.84 Å². The summed E-state index contributed by atoms with van der Waals surface area (Å²) in [5.74, 6) is 1.03. The molecule has 0 spiro atoms. The molecule has 0 unspecified atom stereocenters. The Kier molecular flexibility index (Phi) is 5.24. The van der Waals surface area contributed by atoms with Gasteiger partial charge in [0.1, 0.15) is 24.0 Å². The Labute approximate surface area is 169 Å². The number of amidine groups is 1. The van der Waals surface area contributed by atoms with E-state index in [0.717, 1.165) is 39.8 Å². The number of sulfone groups is 1. The van der Waals surface area contributed by atoms with Gasteiger partial charge in [0, 0.05) is 12.8 Å². The maximum absolute atomic E-state index is 13.2. The maximum Gasteiger partial charge on any atom is 0.150 e. The monoisotopic (exact) mass is 412 g/mol. The molecule has 7 heteroatoms. The van der Waals surface area contributed by atoms with E-state index in [4.69, 9.17) is 4.74 Å². The van der Waals surface area contributed by atoms with Gasteiger partial charge in [-0.2, -0.15) is 0 Å². The highest BCUT2D eigenvalue weighted by Crippen LogP contribution is 2.31. The minimum absolute atomic E-state index is 0.0477. The van der Waals surface area contributed by atoms with E-state index in [9.17, 15) is 12.8 Å². The molecule has 0 aromatic heterocycles. The molecular weight excluding hydrogens is 391 g/mol. The zero-order chi connectivity index (χ0) is 20.4. The lowest BCUT2D eigenvalue weighted by Crippen LogP contribution is -2.21. The molecule has 0 bridgehead atoms. The minimum atomic E-state index is -3.11. The first-order chi connectivity index (χ1) is 13.9. The van der Waals surface area contributed by atoms with Crippen LogP contribution in [-0.4, -0.2) is 46.0 Å². The number of hydrogen-bond donors (Lipinski definition) is 1. The van der Waals surface area contributed by atoms with Gasteiger partial charge in [-0.3, -0.25) is 4.99 Å². The van der Waals surface area contributed by atoms with Crippen LogP contribution in [0.1, 0.15) is 5.56 Å². The van der Waals surface area contributed by atoms with Crippen molar-refractivity contribution in [3.05, 3.63) is 66.0 Å². The average Bonchev–Trinajstić information content (AvgIpc) is 3.21. The summed E-state index contributed by atoms with van der Waals surface area (Å²) in [6, 6.07) is 16.3. The summed E-state index contributed by atoms with van der Waals surface area (Å²) in [5, 5.41) is 5.21. The van der Waals surface area contributed by atoms with Gasteiger partial charge in [-0.1, -0.05) is 24.3 Å². The number of aliphatic imine (C=N–C) groups is 1. The van der Waals surface area contributed by atoms with Gasteiger partial charge >= 0.3 is 0 Å². The van der Waals surface area contributed by atoms with Gasteiger partial charge in [0.2, 0.25) is 0 Å². The predicted octanol–water partition coefficient (Wildman–Crippen LogP) is 3.42. The van der Waals surface area contributed by atoms with Gasteiger partial charge in [-0.15, -0.1) is 0 Å². The third-order valence-corrected chi connectivity index (χ3v) is 5.67. The predicted molar refractivity (Wildman–Crippen MR) is 114 cm³/mol. The van der Waals surface area contributed by atoms with Crippen molar-refractivity contribution in [3.8, 4) is 16.9 Å². The zero-order valence-electron chi connectivity index (χ0n) is 16.0. The lowest BCUT2D eigenvalue weighted by atomic mass is 9.99. The highest BCUT2D eigenvalue weighted by Gasteiger charge is 2.16. The summed E-state index contributed by atoms with van der Waals surface area (Å²) in [5.41, 5.74) is 2.72. The van der Waals surface area contributed by atoms with E-state index in [1.54, 1.807) is 12.1 Å². The van der Waals surface area contributed by atoms with E-state index in [1.807, 2.05) is 30.3 Å². The molecule has 0 aliphatic carbocycles. The lowest BCUT2D eigenvalue weighted by molar-refractivity contribution is 0.341. The summed E-state index contributed by atoms with van der Waals surface area (Å²) < 4.78 is 41.9. The Bertz CT molecular complexity index is 1190. The topological polar surface area (TPSA) is 67.8 Å². The average molecular weight is 412 g/mol. The molecule has 0 radical (unpaired) electrons. The molecule has 150 valence electrons. The van der Waals surface area contributed by atoms with Crippen molar-refractivity contribution in [2.75, 3.05) is 31.7 Å². The molecule has 0 saturated carbocycles. The van der Waals surface area contributed by atoms with Crippen molar-refractivity contribution >= 4 is 26.4 Å². The summed E-state index contributed by atoms with van der Waals surface area (Å²) in [6.45, 7) is 1.52. The zero-order valence-corrected chi connectivity index (χ0v) is 16.8. The third-order valence-electron chi connectivity index (χ3n) is 4.76. The number of nitrogens with zero attached hydrogens (tertiary/aromatic N) is 1. The first-order valence-corrected chi connectivity index (χ1v) is 11.4. The van der Waals surface area contributed by atoms with Crippen LogP contribution in [0.4, 0.5) is 4.39 Å². The van der Waals surface area contributed by atoms with Gasteiger partial charge in [-0.25, -0.2) is 12.8 Å². The van der Waals surface area contributed by atoms with E-state index in [-0.39, 0.29) is 18.2 Å². The highest BCUT2D eigenvalue weighted by molar-refractivity contribution is 7.90. The smallest absolute Gasteiger partial charge is 0.150 e. The number of fused-ring (bicyclic) bond motifs is 1. The van der Waals surface area contributed by atoms with Crippen molar-refractivity contribution in [2.24, 2.45) is 4.99 Å². The second-order valence-corrected chi connectivity index (χ2v) is 9.31. The van der Waals surface area contributed by atoms with Crippen LogP contribution in [0, 0.1) is 5.82 Å². The molecule has 3 aromatic rings. The van der Waals surface area contributed by atoms with Crippen LogP contribution >= 0.6 is 0 Å². The molecule has 1 aliphatic rings. The van der Waals surface area contributed by atoms with Crippen LogP contribution in [0.2, 0.25) is 0 Å². The molecule has 1 heterocycles. The van der Waals surface area contributed by atoms with Gasteiger partial charge in [0.25, 0.3) is 0 Å². The summed E-state index contributed by atoms with van der Waals surface area (Å²) in [7, 11) is -3.11. The first kappa shape index (κ1) is 19.4. The number of halogens is 1. The number of rotatable bonds is 6. The summed E-state index contributed by atoms with van der Waals surface area (Å²) >= 11 is 0. The first-order valence-electron chi connectivity index (χ1n) is 9.32. The fourth-order valence-electron chi connectivity index (χ4n) is 3.28. The van der Waals surface area contributed by atoms with E-state index in [2.05, 4.69) is 10.3 Å². The second kappa shape index (κ2) is 7.83. The normalized spacial score (nSPS) is 13.9. The van der Waals surface area contributed by atoms with Crippen LogP contribution in [0.25, 0.3) is 21.9 Å². The summed E-state index contributed by atoms with van der Waals surface area (Å²) in [6.07, 6.45) is 1.19. The Morgan fingerprint density at radius 1 is 1.03 bits per heavy atom. The Hall–Kier alpha value is -2.93. The fourth-order valence-corrected chi connectivity index (χ4v) is 3.67. The van der Waals surface area contributed by atoms with Crippen molar-refractivity contribution in [3.63, 3.8) is 0 Å². The van der Waals surface area contributed by atoms with E-state index < -0.39 is 9.84 Å². The van der Waals surface area contributed by atoms with E-state index in [1.165, 1.54) is 18.4 Å². The van der Waals surface area contributed by atoms with E-state index >= 15 is 0 Å². The van der Waals surface area contributed by atoms with Crippen LogP contribution < -0.4 is 10.1 Å². The van der Waals surface area contributed by atoms with Crippen molar-refractivity contribution in [1.29, 1.82) is 0 Å². The fraction of sp³-hybridized carbons (Fsp3) is 0.227. The largest absolute Gasteiger partial charge is 0.492 e. The van der Waals surface area contributed by atoms with Crippen LogP contribution in [0.15, 0.2) is 59.6 Å². The number of ether oxygens (including phenoxy) is 1. The number of nitrogens with one attached hydrogen (secondary N) is 1. The SMILES string of the molecule is CS(=O)(=O)CCOc1cc2ccc(-c3ccc(F)cc3)cc2cc1C1=NCCN1. The van der Waals surface area contributed by atoms with Crippen molar-refractivity contribution < 1.29 is 17.5 Å². The molecule has 0 atom stereocenters. The molecule has 0 amide bonds. The molecule has 29 heavy (non-hydrogen) atoms. The number of hydrogen-bond acceptors (Lipinski definition) is 5. The van der Waals surface area contributed by atoms with Gasteiger partial charge < -0.3 is 10.1 Å². The number of benzene rings is 3. The summed E-state index contributed by atoms with van der Waals surface area (Å²) in [4.78, 5) is 4.49. The third kappa shape index (κ3) is 4.56. The van der Waals surface area contributed by atoms with Crippen LogP contribution in [-0.2, 0) is 9.84 Å². The molecule has 1 N–H and O–H groups in total. The molecule has 0 fully saturated rings. The molecule has 4 rings (SSSR count). The highest BCUT2D eigenvalue weighted by atomic mass is 32.2. The van der Waals surface area contributed by atoms with Crippen molar-refractivity contribution in [2.45, 2.75) is 0 Å². The molecule has 1 aliphatic heterocycles. The minimum Gasteiger partial charge on any atom is -0.492 e. The lowest BCUT2D eigenvalue weighted by Gasteiger charge is -2.14. The van der Waals surface area contributed by atoms with Crippen molar-refractivity contribution in [1.82, 2.24) is 5.32 Å². The molecule has 5 nitrogen and oxygen atoms in total. The maximum atomic E-state index is 13.2. The Morgan fingerprint density at radius 3 is 2.48 bits per heavy atom. The Balaban J connectivity index is 1.73. The van der Waals surface area contributed by atoms with Gasteiger partial charge in [0.05, 0.1) is 17.9 Å². The van der Waals surface area contributed by atoms with Gasteiger partial charge in [-0.05, 0) is 52.2 Å². The Morgan fingerprint density at radius 2 is 1.79 bits per heavy atom. The van der Waals surface area contributed by atoms with E-state index in [0.29, 0.717) is 12.3 Å². The quantitative estimate of drug-likeness (QED) is 0.674. The molecular formula is C22H21FN2O3S. The standard InChI is InChI=1S/C22H21FN2O3S/c1-29(26,27)11-10-28-21-14-17-3-2-16(15-4-6-19(23)7-5-15)12-18(17)13-20(21)22-24-8-9-25-22/h2-7,12-14H,8-11H2,1H3,(H,24,25). The molecule has 3 aromatic carbocycles. The van der Waals surface area contributed by atoms with Crippen LogP contribution in [0.3, 0.4) is 0 Å².